The molecule has 0 radical (unpaired) electrons. The summed E-state index contributed by atoms with van der Waals surface area (Å²) in [5.41, 5.74) is 10.4. The summed E-state index contributed by atoms with van der Waals surface area (Å²) in [4.78, 5) is 4.71. The molecule has 1 aliphatic carbocycles. The molecule has 1 aliphatic rings. The minimum absolute atomic E-state index is 0.0669. The molecule has 3 aromatic rings. The zero-order valence-electron chi connectivity index (χ0n) is 16.6. The summed E-state index contributed by atoms with van der Waals surface area (Å²) in [5.74, 6) is 0.523. The van der Waals surface area contributed by atoms with Crippen LogP contribution in [0.4, 0.5) is 0 Å². The Hall–Kier alpha value is -2.48. The van der Waals surface area contributed by atoms with Gasteiger partial charge in [0.2, 0.25) is 5.69 Å². The lowest BCUT2D eigenvalue weighted by molar-refractivity contribution is -0.660. The van der Waals surface area contributed by atoms with Crippen LogP contribution in [0.15, 0.2) is 48.8 Å². The fraction of sp³-hybridized carbons (Fsp3) is 0.333. The SMILES string of the molecule is Cc1cc2c(cc1-c1cc(C(C)C)cc[n+]1C)C(C)(C)c1ncccc1-2. The molecule has 26 heavy (non-hydrogen) atoms. The summed E-state index contributed by atoms with van der Waals surface area (Å²) in [7, 11) is 2.13. The molecule has 2 aromatic heterocycles. The molecule has 0 saturated carbocycles. The number of pyridine rings is 2. The van der Waals surface area contributed by atoms with Gasteiger partial charge in [0, 0.05) is 34.9 Å². The van der Waals surface area contributed by atoms with Gasteiger partial charge >= 0.3 is 0 Å². The van der Waals surface area contributed by atoms with Gasteiger partial charge in [-0.3, -0.25) is 4.98 Å². The number of fused-ring (bicyclic) bond motifs is 3. The highest BCUT2D eigenvalue weighted by molar-refractivity contribution is 5.83. The predicted molar refractivity (Wildman–Crippen MR) is 107 cm³/mol. The third-order valence-electron chi connectivity index (χ3n) is 5.84. The Morgan fingerprint density at radius 3 is 2.50 bits per heavy atom. The van der Waals surface area contributed by atoms with Crippen LogP contribution in [0.2, 0.25) is 0 Å². The van der Waals surface area contributed by atoms with Crippen molar-refractivity contribution >= 4 is 0 Å². The van der Waals surface area contributed by atoms with E-state index in [9.17, 15) is 0 Å². The van der Waals surface area contributed by atoms with E-state index >= 15 is 0 Å². The quantitative estimate of drug-likeness (QED) is 0.576. The van der Waals surface area contributed by atoms with Gasteiger partial charge in [0.05, 0.1) is 5.69 Å². The van der Waals surface area contributed by atoms with Crippen molar-refractivity contribution in [3.05, 3.63) is 71.2 Å². The molecule has 0 N–H and O–H groups in total. The van der Waals surface area contributed by atoms with Crippen molar-refractivity contribution in [2.24, 2.45) is 7.05 Å². The topological polar surface area (TPSA) is 16.8 Å². The summed E-state index contributed by atoms with van der Waals surface area (Å²) in [6, 6.07) is 13.6. The number of aryl methyl sites for hydroxylation is 2. The molecule has 0 atom stereocenters. The van der Waals surface area contributed by atoms with Crippen LogP contribution in [0.5, 0.6) is 0 Å². The Balaban J connectivity index is 1.96. The molecule has 0 fully saturated rings. The highest BCUT2D eigenvalue weighted by atomic mass is 14.9. The molecule has 0 saturated heterocycles. The van der Waals surface area contributed by atoms with Crippen LogP contribution < -0.4 is 4.57 Å². The van der Waals surface area contributed by atoms with Crippen molar-refractivity contribution in [2.75, 3.05) is 0 Å². The first-order valence-electron chi connectivity index (χ1n) is 9.41. The fourth-order valence-corrected chi connectivity index (χ4v) is 4.18. The molecule has 0 aliphatic heterocycles. The second kappa shape index (κ2) is 5.77. The summed E-state index contributed by atoms with van der Waals surface area (Å²) in [6.07, 6.45) is 4.09. The standard InChI is InChI=1S/C24H27N2/c1-15(2)17-9-11-26(6)22(13-17)19-14-21-20(12-16(19)3)18-8-7-10-25-23(18)24(21,4)5/h7-15H,1-6H3/q+1. The first-order chi connectivity index (χ1) is 12.3. The smallest absolute Gasteiger partial charge is 0.212 e. The third kappa shape index (κ3) is 2.39. The molecule has 132 valence electrons. The molecule has 1 aromatic carbocycles. The lowest BCUT2D eigenvalue weighted by Crippen LogP contribution is -2.31. The maximum atomic E-state index is 4.71. The summed E-state index contributed by atoms with van der Waals surface area (Å²) in [6.45, 7) is 11.3. The minimum atomic E-state index is -0.0669. The van der Waals surface area contributed by atoms with Crippen molar-refractivity contribution < 1.29 is 4.57 Å². The number of aromatic nitrogens is 2. The average Bonchev–Trinajstić information content (AvgIpc) is 2.82. The second-order valence-corrected chi connectivity index (χ2v) is 8.35. The van der Waals surface area contributed by atoms with E-state index in [4.69, 9.17) is 4.98 Å². The lowest BCUT2D eigenvalue weighted by Gasteiger charge is -2.21. The monoisotopic (exact) mass is 343 g/mol. The van der Waals surface area contributed by atoms with E-state index in [2.05, 4.69) is 82.8 Å². The van der Waals surface area contributed by atoms with Gasteiger partial charge < -0.3 is 0 Å². The average molecular weight is 343 g/mol. The lowest BCUT2D eigenvalue weighted by atomic mass is 9.83. The van der Waals surface area contributed by atoms with E-state index in [1.807, 2.05) is 12.3 Å². The van der Waals surface area contributed by atoms with Crippen LogP contribution in [0, 0.1) is 6.92 Å². The van der Waals surface area contributed by atoms with Crippen molar-refractivity contribution in [1.82, 2.24) is 4.98 Å². The van der Waals surface area contributed by atoms with Crippen LogP contribution in [-0.4, -0.2) is 4.98 Å². The predicted octanol–water partition coefficient (Wildman–Crippen LogP) is 5.31. The highest BCUT2D eigenvalue weighted by Crippen LogP contribution is 2.49. The van der Waals surface area contributed by atoms with Crippen molar-refractivity contribution in [1.29, 1.82) is 0 Å². The normalized spacial score (nSPS) is 14.4. The molecule has 0 spiro atoms. The van der Waals surface area contributed by atoms with Gasteiger partial charge in [-0.1, -0.05) is 39.8 Å². The zero-order chi connectivity index (χ0) is 18.6. The molecule has 0 bridgehead atoms. The van der Waals surface area contributed by atoms with Gasteiger partial charge in [0.15, 0.2) is 6.20 Å². The largest absolute Gasteiger partial charge is 0.260 e. The molecule has 4 rings (SSSR count). The van der Waals surface area contributed by atoms with Gasteiger partial charge in [0.25, 0.3) is 0 Å². The van der Waals surface area contributed by atoms with Crippen molar-refractivity contribution in [3.63, 3.8) is 0 Å². The summed E-state index contributed by atoms with van der Waals surface area (Å²) in [5, 5.41) is 0. The molecule has 2 heteroatoms. The summed E-state index contributed by atoms with van der Waals surface area (Å²) < 4.78 is 2.23. The van der Waals surface area contributed by atoms with E-state index in [1.54, 1.807) is 0 Å². The number of hydrogen-bond donors (Lipinski definition) is 0. The zero-order valence-corrected chi connectivity index (χ0v) is 16.6. The van der Waals surface area contributed by atoms with Crippen LogP contribution in [0.25, 0.3) is 22.4 Å². The number of nitrogens with zero attached hydrogens (tertiary/aromatic N) is 2. The first kappa shape index (κ1) is 17.0. The maximum Gasteiger partial charge on any atom is 0.212 e. The van der Waals surface area contributed by atoms with E-state index in [1.165, 1.54) is 44.8 Å². The van der Waals surface area contributed by atoms with Gasteiger partial charge in [-0.15, -0.1) is 0 Å². The van der Waals surface area contributed by atoms with Crippen LogP contribution >= 0.6 is 0 Å². The second-order valence-electron chi connectivity index (χ2n) is 8.35. The van der Waals surface area contributed by atoms with Gasteiger partial charge in [-0.2, -0.15) is 0 Å². The number of rotatable bonds is 2. The Kier molecular flexibility index (Phi) is 3.76. The van der Waals surface area contributed by atoms with Crippen molar-refractivity contribution in [3.8, 4) is 22.4 Å². The van der Waals surface area contributed by atoms with Gasteiger partial charge in [-0.25, -0.2) is 4.57 Å². The van der Waals surface area contributed by atoms with E-state index in [-0.39, 0.29) is 5.41 Å². The highest BCUT2D eigenvalue weighted by Gasteiger charge is 2.37. The van der Waals surface area contributed by atoms with Crippen LogP contribution in [0.1, 0.15) is 56.0 Å². The Morgan fingerprint density at radius 2 is 1.77 bits per heavy atom. The minimum Gasteiger partial charge on any atom is -0.260 e. The Labute approximate surface area is 156 Å². The third-order valence-corrected chi connectivity index (χ3v) is 5.84. The molecular weight excluding hydrogens is 316 g/mol. The van der Waals surface area contributed by atoms with Crippen LogP contribution in [0.3, 0.4) is 0 Å². The molecule has 2 heterocycles. The molecule has 0 unspecified atom stereocenters. The molecule has 0 amide bonds. The van der Waals surface area contributed by atoms with Crippen LogP contribution in [-0.2, 0) is 12.5 Å². The Bertz CT molecular complexity index is 1010. The molecular formula is C24H27N2+. The number of hydrogen-bond acceptors (Lipinski definition) is 1. The number of benzene rings is 1. The maximum absolute atomic E-state index is 4.71. The fourth-order valence-electron chi connectivity index (χ4n) is 4.18. The van der Waals surface area contributed by atoms with E-state index in [0.717, 1.165) is 0 Å². The molecule has 2 nitrogen and oxygen atoms in total. The summed E-state index contributed by atoms with van der Waals surface area (Å²) >= 11 is 0. The van der Waals surface area contributed by atoms with E-state index in [0.29, 0.717) is 5.92 Å². The van der Waals surface area contributed by atoms with Gasteiger partial charge in [-0.05, 0) is 47.2 Å². The first-order valence-corrected chi connectivity index (χ1v) is 9.41. The Morgan fingerprint density at radius 1 is 1.00 bits per heavy atom. The van der Waals surface area contributed by atoms with Crippen molar-refractivity contribution in [2.45, 2.75) is 46.0 Å². The van der Waals surface area contributed by atoms with Gasteiger partial charge in [0.1, 0.15) is 7.05 Å². The van der Waals surface area contributed by atoms with E-state index < -0.39 is 0 Å².